The van der Waals surface area contributed by atoms with E-state index in [1.807, 2.05) is 0 Å². The lowest BCUT2D eigenvalue weighted by Gasteiger charge is -2.09. The number of halogens is 4. The average molecular weight is 341 g/mol. The third kappa shape index (κ3) is 2.20. The summed E-state index contributed by atoms with van der Waals surface area (Å²) in [6.45, 7) is 0. The molecule has 3 rings (SSSR count). The summed E-state index contributed by atoms with van der Waals surface area (Å²) in [4.78, 5) is 4.11. The predicted octanol–water partition coefficient (Wildman–Crippen LogP) is 4.78. The van der Waals surface area contributed by atoms with Gasteiger partial charge in [-0.25, -0.2) is 4.98 Å². The largest absolute Gasteiger partial charge is 0.433 e. The molecule has 0 bridgehead atoms. The van der Waals surface area contributed by atoms with E-state index in [0.717, 1.165) is 4.40 Å². The average Bonchev–Trinajstić information content (AvgIpc) is 2.77. The summed E-state index contributed by atoms with van der Waals surface area (Å²) in [5.41, 5.74) is -0.124. The van der Waals surface area contributed by atoms with Crippen molar-refractivity contribution < 1.29 is 13.2 Å². The quantitative estimate of drug-likeness (QED) is 0.623. The smallest absolute Gasteiger partial charge is 0.295 e. The number of nitrogens with zero attached hydrogens (tertiary/aromatic N) is 2. The molecule has 2 heterocycles. The lowest BCUT2D eigenvalue weighted by atomic mass is 10.1. The van der Waals surface area contributed by atoms with Crippen molar-refractivity contribution in [2.24, 2.45) is 0 Å². The maximum Gasteiger partial charge on any atom is 0.433 e. The van der Waals surface area contributed by atoms with E-state index in [2.05, 4.69) is 20.9 Å². The van der Waals surface area contributed by atoms with Crippen molar-refractivity contribution in [1.82, 2.24) is 9.38 Å². The van der Waals surface area contributed by atoms with Crippen LogP contribution in [0.3, 0.4) is 0 Å². The second-order valence-electron chi connectivity index (χ2n) is 4.25. The van der Waals surface area contributed by atoms with Crippen molar-refractivity contribution >= 4 is 21.6 Å². The minimum absolute atomic E-state index is 0.0648. The first-order chi connectivity index (χ1) is 9.47. The maximum absolute atomic E-state index is 13.3. The number of rotatable bonds is 1. The topological polar surface area (TPSA) is 17.3 Å². The summed E-state index contributed by atoms with van der Waals surface area (Å²) in [6.07, 6.45) is -3.11. The van der Waals surface area contributed by atoms with Crippen LogP contribution in [0.2, 0.25) is 0 Å². The van der Waals surface area contributed by atoms with Crippen LogP contribution in [0.1, 0.15) is 5.69 Å². The molecule has 2 nitrogen and oxygen atoms in total. The van der Waals surface area contributed by atoms with Crippen molar-refractivity contribution in [2.45, 2.75) is 6.18 Å². The lowest BCUT2D eigenvalue weighted by molar-refractivity contribution is -0.141. The predicted molar refractivity (Wildman–Crippen MR) is 73.3 cm³/mol. The number of pyridine rings is 1. The Morgan fingerprint density at radius 1 is 1.05 bits per heavy atom. The fourth-order valence-corrected chi connectivity index (χ4v) is 2.50. The van der Waals surface area contributed by atoms with Crippen LogP contribution in [0.15, 0.2) is 53.1 Å². The van der Waals surface area contributed by atoms with E-state index in [1.54, 1.807) is 42.5 Å². The van der Waals surface area contributed by atoms with Gasteiger partial charge in [-0.2, -0.15) is 13.2 Å². The van der Waals surface area contributed by atoms with Crippen molar-refractivity contribution in [3.8, 4) is 11.3 Å². The Morgan fingerprint density at radius 3 is 2.55 bits per heavy atom. The van der Waals surface area contributed by atoms with E-state index < -0.39 is 11.9 Å². The molecule has 3 aromatic rings. The molecular formula is C14H8BrF3N2. The van der Waals surface area contributed by atoms with Gasteiger partial charge in [-0.05, 0) is 24.3 Å². The van der Waals surface area contributed by atoms with Gasteiger partial charge >= 0.3 is 6.18 Å². The number of hydrogen-bond acceptors (Lipinski definition) is 1. The number of imidazole rings is 1. The van der Waals surface area contributed by atoms with Gasteiger partial charge < -0.3 is 0 Å². The molecule has 0 aliphatic heterocycles. The first-order valence-corrected chi connectivity index (χ1v) is 6.56. The van der Waals surface area contributed by atoms with Crippen LogP contribution in [-0.2, 0) is 6.18 Å². The highest BCUT2D eigenvalue weighted by atomic mass is 79.9. The molecule has 0 N–H and O–H groups in total. The number of benzene rings is 1. The van der Waals surface area contributed by atoms with Gasteiger partial charge in [-0.3, -0.25) is 4.40 Å². The van der Waals surface area contributed by atoms with Crippen molar-refractivity contribution in [1.29, 1.82) is 0 Å². The van der Waals surface area contributed by atoms with Crippen LogP contribution in [-0.4, -0.2) is 9.38 Å². The summed E-state index contributed by atoms with van der Waals surface area (Å²) >= 11 is 3.26. The van der Waals surface area contributed by atoms with E-state index >= 15 is 0 Å². The summed E-state index contributed by atoms with van der Waals surface area (Å²) in [5, 5.41) is 0. The minimum atomic E-state index is -4.47. The van der Waals surface area contributed by atoms with E-state index in [-0.39, 0.29) is 11.3 Å². The highest BCUT2D eigenvalue weighted by Crippen LogP contribution is 2.37. The number of fused-ring (bicyclic) bond motifs is 1. The Bertz CT molecular complexity index is 777. The van der Waals surface area contributed by atoms with E-state index in [1.165, 1.54) is 6.20 Å². The second-order valence-corrected chi connectivity index (χ2v) is 5.16. The van der Waals surface area contributed by atoms with Gasteiger partial charge in [-0.1, -0.05) is 34.1 Å². The van der Waals surface area contributed by atoms with Crippen molar-refractivity contribution in [3.63, 3.8) is 0 Å². The minimum Gasteiger partial charge on any atom is -0.295 e. The molecule has 102 valence electrons. The molecule has 0 saturated heterocycles. The fraction of sp³-hybridized carbons (Fsp3) is 0.0714. The van der Waals surface area contributed by atoms with E-state index in [0.29, 0.717) is 10.0 Å². The van der Waals surface area contributed by atoms with Gasteiger partial charge in [0.25, 0.3) is 0 Å². The van der Waals surface area contributed by atoms with Gasteiger partial charge in [-0.15, -0.1) is 0 Å². The van der Waals surface area contributed by atoms with Crippen LogP contribution < -0.4 is 0 Å². The Hall–Kier alpha value is -1.82. The summed E-state index contributed by atoms with van der Waals surface area (Å²) < 4.78 is 41.8. The fourth-order valence-electron chi connectivity index (χ4n) is 2.10. The van der Waals surface area contributed by atoms with Gasteiger partial charge in [0.05, 0.1) is 0 Å². The summed E-state index contributed by atoms with van der Waals surface area (Å²) in [5.74, 6) is 0. The van der Waals surface area contributed by atoms with Crippen LogP contribution >= 0.6 is 15.9 Å². The van der Waals surface area contributed by atoms with Crippen molar-refractivity contribution in [2.75, 3.05) is 0 Å². The van der Waals surface area contributed by atoms with E-state index in [4.69, 9.17) is 0 Å². The summed E-state index contributed by atoms with van der Waals surface area (Å²) in [7, 11) is 0. The van der Waals surface area contributed by atoms with Gasteiger partial charge in [0, 0.05) is 16.2 Å². The Labute approximate surface area is 121 Å². The molecule has 0 aliphatic rings. The lowest BCUT2D eigenvalue weighted by Crippen LogP contribution is -2.10. The van der Waals surface area contributed by atoms with Crippen molar-refractivity contribution in [3.05, 3.63) is 58.8 Å². The summed E-state index contributed by atoms with van der Waals surface area (Å²) in [6, 6.07) is 11.4. The molecule has 0 atom stereocenters. The zero-order valence-electron chi connectivity index (χ0n) is 10.0. The molecule has 1 aromatic carbocycles. The maximum atomic E-state index is 13.3. The van der Waals surface area contributed by atoms with Crippen LogP contribution in [0, 0.1) is 0 Å². The monoisotopic (exact) mass is 340 g/mol. The molecule has 0 saturated carbocycles. The Balaban J connectivity index is 2.35. The molecule has 0 unspecified atom stereocenters. The third-order valence-electron chi connectivity index (χ3n) is 2.90. The molecule has 20 heavy (non-hydrogen) atoms. The zero-order valence-corrected chi connectivity index (χ0v) is 11.6. The molecule has 0 radical (unpaired) electrons. The molecule has 0 fully saturated rings. The molecule has 6 heteroatoms. The molecular weight excluding hydrogens is 333 g/mol. The second kappa shape index (κ2) is 4.63. The molecule has 2 aromatic heterocycles. The Morgan fingerprint density at radius 2 is 1.85 bits per heavy atom. The highest BCUT2D eigenvalue weighted by Gasteiger charge is 2.38. The van der Waals surface area contributed by atoms with Gasteiger partial charge in [0.15, 0.2) is 5.69 Å². The molecule has 0 spiro atoms. The zero-order chi connectivity index (χ0) is 14.3. The number of hydrogen-bond donors (Lipinski definition) is 0. The number of aromatic nitrogens is 2. The van der Waals surface area contributed by atoms with Crippen LogP contribution in [0.4, 0.5) is 13.2 Å². The SMILES string of the molecule is FC(F)(F)c1c(-c2cccc(Br)c2)nc2ccccn12. The Kier molecular flexibility index (Phi) is 3.05. The standard InChI is InChI=1S/C14H8BrF3N2/c15-10-5-3-4-9(8-10)12-13(14(16,17)18)20-7-2-1-6-11(20)19-12/h1-8H. The molecule has 0 aliphatic carbocycles. The van der Waals surface area contributed by atoms with Gasteiger partial charge in [0.2, 0.25) is 0 Å². The van der Waals surface area contributed by atoms with Gasteiger partial charge in [0.1, 0.15) is 11.3 Å². The van der Waals surface area contributed by atoms with Crippen LogP contribution in [0.5, 0.6) is 0 Å². The molecule has 0 amide bonds. The van der Waals surface area contributed by atoms with E-state index in [9.17, 15) is 13.2 Å². The highest BCUT2D eigenvalue weighted by molar-refractivity contribution is 9.10. The third-order valence-corrected chi connectivity index (χ3v) is 3.39. The first kappa shape index (κ1) is 13.2. The van der Waals surface area contributed by atoms with Crippen LogP contribution in [0.25, 0.3) is 16.9 Å². The normalized spacial score (nSPS) is 12.0. The number of alkyl halides is 3. The first-order valence-electron chi connectivity index (χ1n) is 5.77.